The van der Waals surface area contributed by atoms with Gasteiger partial charge in [0.1, 0.15) is 0 Å². The van der Waals surface area contributed by atoms with Crippen molar-refractivity contribution in [3.63, 3.8) is 0 Å². The molecule has 0 aliphatic carbocycles. The van der Waals surface area contributed by atoms with Gasteiger partial charge in [0.2, 0.25) is 5.91 Å². The first-order valence-electron chi connectivity index (χ1n) is 10.1. The quantitative estimate of drug-likeness (QED) is 0.561. The number of nitrogens with zero attached hydrogens (tertiary/aromatic N) is 2. The van der Waals surface area contributed by atoms with Gasteiger partial charge in [-0.1, -0.05) is 36.4 Å². The van der Waals surface area contributed by atoms with E-state index in [2.05, 4.69) is 58.3 Å². The van der Waals surface area contributed by atoms with E-state index in [9.17, 15) is 4.79 Å². The molecule has 1 amide bonds. The van der Waals surface area contributed by atoms with Crippen molar-refractivity contribution in [2.24, 2.45) is 7.05 Å². The van der Waals surface area contributed by atoms with Crippen LogP contribution in [0.4, 0.5) is 0 Å². The third kappa shape index (κ3) is 2.89. The van der Waals surface area contributed by atoms with Crippen molar-refractivity contribution in [1.29, 1.82) is 0 Å². The van der Waals surface area contributed by atoms with Crippen LogP contribution in [0.1, 0.15) is 29.9 Å². The Hall–Kier alpha value is -3.01. The molecule has 1 saturated heterocycles. The Kier molecular flexibility index (Phi) is 4.19. The zero-order chi connectivity index (χ0) is 19.1. The summed E-state index contributed by atoms with van der Waals surface area (Å²) in [6, 6.07) is 16.8. The fraction of sp³-hybridized carbons (Fsp3) is 0.292. The maximum absolute atomic E-state index is 12.9. The highest BCUT2D eigenvalue weighted by molar-refractivity contribution is 5.89. The number of aromatic amines is 1. The highest BCUT2D eigenvalue weighted by atomic mass is 16.2. The number of rotatable bonds is 3. The van der Waals surface area contributed by atoms with E-state index in [0.29, 0.717) is 12.3 Å². The van der Waals surface area contributed by atoms with Crippen LogP contribution in [0, 0.1) is 0 Å². The number of H-pyrrole nitrogens is 1. The van der Waals surface area contributed by atoms with E-state index in [1.54, 1.807) is 0 Å². The molecule has 5 rings (SSSR count). The minimum atomic E-state index is 0.244. The van der Waals surface area contributed by atoms with Crippen LogP contribution >= 0.6 is 0 Å². The molecule has 1 fully saturated rings. The second kappa shape index (κ2) is 6.86. The summed E-state index contributed by atoms with van der Waals surface area (Å²) in [5.74, 6) is 0.770. The van der Waals surface area contributed by atoms with Crippen molar-refractivity contribution in [2.75, 3.05) is 13.1 Å². The molecule has 0 radical (unpaired) electrons. The third-order valence-electron chi connectivity index (χ3n) is 6.23. The highest BCUT2D eigenvalue weighted by Crippen LogP contribution is 2.33. The highest BCUT2D eigenvalue weighted by Gasteiger charge is 2.26. The van der Waals surface area contributed by atoms with E-state index in [4.69, 9.17) is 0 Å². The van der Waals surface area contributed by atoms with E-state index in [0.717, 1.165) is 31.5 Å². The lowest BCUT2D eigenvalue weighted by molar-refractivity contribution is -0.131. The smallest absolute Gasteiger partial charge is 0.227 e. The summed E-state index contributed by atoms with van der Waals surface area (Å²) in [4.78, 5) is 18.4. The number of carbonyl (C=O) groups is 1. The number of nitrogens with one attached hydrogen (secondary N) is 1. The molecule has 1 N–H and O–H groups in total. The number of likely N-dealkylation sites (tertiary alicyclic amines) is 1. The van der Waals surface area contributed by atoms with E-state index < -0.39 is 0 Å². The molecule has 4 nitrogen and oxygen atoms in total. The lowest BCUT2D eigenvalue weighted by Gasteiger charge is -2.32. The van der Waals surface area contributed by atoms with Gasteiger partial charge < -0.3 is 14.5 Å². The number of aromatic nitrogens is 2. The van der Waals surface area contributed by atoms with Crippen molar-refractivity contribution in [1.82, 2.24) is 14.5 Å². The molecule has 0 atom stereocenters. The molecule has 0 bridgehead atoms. The van der Waals surface area contributed by atoms with Crippen LogP contribution in [0.2, 0.25) is 0 Å². The van der Waals surface area contributed by atoms with Gasteiger partial charge in [-0.2, -0.15) is 0 Å². The number of benzene rings is 2. The maximum Gasteiger partial charge on any atom is 0.227 e. The second-order valence-corrected chi connectivity index (χ2v) is 7.90. The Morgan fingerprint density at radius 3 is 2.57 bits per heavy atom. The predicted molar refractivity (Wildman–Crippen MR) is 113 cm³/mol. The summed E-state index contributed by atoms with van der Waals surface area (Å²) in [6.45, 7) is 1.68. The Labute approximate surface area is 164 Å². The maximum atomic E-state index is 12.9. The molecular weight excluding hydrogens is 346 g/mol. The van der Waals surface area contributed by atoms with E-state index in [1.807, 2.05) is 24.1 Å². The average molecular weight is 371 g/mol. The minimum Gasteiger partial charge on any atom is -0.361 e. The number of hydrogen-bond donors (Lipinski definition) is 1. The molecular formula is C24H25N3O. The molecule has 0 spiro atoms. The van der Waals surface area contributed by atoms with Crippen molar-refractivity contribution in [3.05, 3.63) is 72.1 Å². The van der Waals surface area contributed by atoms with Gasteiger partial charge in [0.25, 0.3) is 0 Å². The molecule has 1 aliphatic rings. The normalized spacial score (nSPS) is 15.5. The van der Waals surface area contributed by atoms with Crippen LogP contribution in [-0.4, -0.2) is 33.4 Å². The summed E-state index contributed by atoms with van der Waals surface area (Å²) in [6.07, 6.45) is 6.80. The van der Waals surface area contributed by atoms with Crippen molar-refractivity contribution < 1.29 is 4.79 Å². The van der Waals surface area contributed by atoms with E-state index >= 15 is 0 Å². The van der Waals surface area contributed by atoms with Gasteiger partial charge >= 0.3 is 0 Å². The Morgan fingerprint density at radius 2 is 1.75 bits per heavy atom. The summed E-state index contributed by atoms with van der Waals surface area (Å²) >= 11 is 0. The van der Waals surface area contributed by atoms with Crippen LogP contribution in [-0.2, 0) is 18.3 Å². The van der Waals surface area contributed by atoms with Crippen molar-refractivity contribution in [3.8, 4) is 0 Å². The summed E-state index contributed by atoms with van der Waals surface area (Å²) in [7, 11) is 2.04. The van der Waals surface area contributed by atoms with Gasteiger partial charge in [0.15, 0.2) is 0 Å². The van der Waals surface area contributed by atoms with Gasteiger partial charge in [0.05, 0.1) is 6.42 Å². The van der Waals surface area contributed by atoms with Gasteiger partial charge in [-0.15, -0.1) is 0 Å². The van der Waals surface area contributed by atoms with Gasteiger partial charge in [-0.25, -0.2) is 0 Å². The van der Waals surface area contributed by atoms with Crippen LogP contribution in [0.3, 0.4) is 0 Å². The minimum absolute atomic E-state index is 0.244. The van der Waals surface area contributed by atoms with Gasteiger partial charge in [-0.3, -0.25) is 4.79 Å². The molecule has 2 aromatic carbocycles. The topological polar surface area (TPSA) is 41.0 Å². The lowest BCUT2D eigenvalue weighted by atomic mass is 9.89. The van der Waals surface area contributed by atoms with E-state index in [1.165, 1.54) is 27.4 Å². The monoisotopic (exact) mass is 371 g/mol. The average Bonchev–Trinajstić information content (AvgIpc) is 3.30. The number of aryl methyl sites for hydroxylation is 1. The Bertz CT molecular complexity index is 1150. The summed E-state index contributed by atoms with van der Waals surface area (Å²) in [5, 5.41) is 2.51. The molecule has 4 aromatic rings. The summed E-state index contributed by atoms with van der Waals surface area (Å²) in [5.41, 5.74) is 4.91. The number of carbonyl (C=O) groups excluding carboxylic acids is 1. The third-order valence-corrected chi connectivity index (χ3v) is 6.23. The number of para-hydroxylation sites is 2. The molecule has 1 aliphatic heterocycles. The zero-order valence-electron chi connectivity index (χ0n) is 16.2. The Balaban J connectivity index is 1.28. The number of piperidine rings is 1. The van der Waals surface area contributed by atoms with Gasteiger partial charge in [-0.05, 0) is 42.0 Å². The second-order valence-electron chi connectivity index (χ2n) is 7.90. The first-order valence-corrected chi connectivity index (χ1v) is 10.1. The van der Waals surface area contributed by atoms with Crippen LogP contribution in [0.15, 0.2) is 60.9 Å². The number of amides is 1. The molecule has 2 aromatic heterocycles. The number of fused-ring (bicyclic) bond motifs is 2. The molecule has 3 heterocycles. The van der Waals surface area contributed by atoms with Crippen molar-refractivity contribution >= 4 is 27.7 Å². The first kappa shape index (κ1) is 17.1. The fourth-order valence-electron chi connectivity index (χ4n) is 4.71. The van der Waals surface area contributed by atoms with Crippen molar-refractivity contribution in [2.45, 2.75) is 25.2 Å². The Morgan fingerprint density at radius 1 is 1.04 bits per heavy atom. The largest absolute Gasteiger partial charge is 0.361 e. The molecule has 0 unspecified atom stereocenters. The SMILES string of the molecule is Cn1cc(CC(=O)N2CCC(c3c[nH]c4ccccc34)CC2)c2ccccc21. The molecule has 4 heteroatoms. The molecule has 0 saturated carbocycles. The van der Waals surface area contributed by atoms with Gasteiger partial charge in [0, 0.05) is 54.3 Å². The van der Waals surface area contributed by atoms with Crippen LogP contribution < -0.4 is 0 Å². The van der Waals surface area contributed by atoms with E-state index in [-0.39, 0.29) is 5.91 Å². The van der Waals surface area contributed by atoms with Crippen LogP contribution in [0.25, 0.3) is 21.8 Å². The van der Waals surface area contributed by atoms with Crippen LogP contribution in [0.5, 0.6) is 0 Å². The first-order chi connectivity index (χ1) is 13.7. The lowest BCUT2D eigenvalue weighted by Crippen LogP contribution is -2.38. The predicted octanol–water partition coefficient (Wildman–Crippen LogP) is 4.61. The zero-order valence-corrected chi connectivity index (χ0v) is 16.2. The molecule has 28 heavy (non-hydrogen) atoms. The fourth-order valence-corrected chi connectivity index (χ4v) is 4.71. The standard InChI is InChI=1S/C24H25N3O/c1-26-16-18(19-6-3-5-9-23(19)26)14-24(28)27-12-10-17(11-13-27)21-15-25-22-8-4-2-7-20(21)22/h2-9,15-17,25H,10-14H2,1H3. The summed E-state index contributed by atoms with van der Waals surface area (Å²) < 4.78 is 2.11. The number of hydrogen-bond acceptors (Lipinski definition) is 1. The molecule has 142 valence electrons.